The highest BCUT2D eigenvalue weighted by molar-refractivity contribution is 9.10. The molecule has 196 valence electrons. The van der Waals surface area contributed by atoms with Crippen molar-refractivity contribution in [2.24, 2.45) is 4.99 Å². The fourth-order valence-electron chi connectivity index (χ4n) is 4.35. The second-order valence-electron chi connectivity index (χ2n) is 8.74. The maximum absolute atomic E-state index is 13.9. The zero-order valence-corrected chi connectivity index (χ0v) is 24.0. The highest BCUT2D eigenvalue weighted by Crippen LogP contribution is 2.31. The Balaban J connectivity index is 1.67. The Labute approximate surface area is 242 Å². The first-order valence-electron chi connectivity index (χ1n) is 12.0. The van der Waals surface area contributed by atoms with Crippen LogP contribution >= 0.6 is 38.9 Å². The van der Waals surface area contributed by atoms with Crippen LogP contribution < -0.4 is 24.9 Å². The number of carbonyl (C=O) groups is 1. The van der Waals surface area contributed by atoms with E-state index in [9.17, 15) is 9.59 Å². The van der Waals surface area contributed by atoms with Gasteiger partial charge < -0.3 is 10.1 Å². The number of nitrogens with zero attached hydrogens (tertiary/aromatic N) is 2. The summed E-state index contributed by atoms with van der Waals surface area (Å²) < 4.78 is 8.70. The van der Waals surface area contributed by atoms with Gasteiger partial charge in [0.2, 0.25) is 0 Å². The van der Waals surface area contributed by atoms with Crippen LogP contribution in [0, 0.1) is 0 Å². The van der Waals surface area contributed by atoms with Crippen LogP contribution in [-0.2, 0) is 4.79 Å². The lowest BCUT2D eigenvalue weighted by atomic mass is 9.95. The van der Waals surface area contributed by atoms with Crippen molar-refractivity contribution in [1.29, 1.82) is 0 Å². The van der Waals surface area contributed by atoms with Gasteiger partial charge in [0.05, 0.1) is 21.8 Å². The van der Waals surface area contributed by atoms with Gasteiger partial charge in [-0.05, 0) is 61.0 Å². The van der Waals surface area contributed by atoms with E-state index in [0.29, 0.717) is 43.7 Å². The monoisotopic (exact) mass is 619 g/mol. The lowest BCUT2D eigenvalue weighted by molar-refractivity contribution is -0.113. The van der Waals surface area contributed by atoms with Gasteiger partial charge in [-0.15, -0.1) is 0 Å². The first-order valence-corrected chi connectivity index (χ1v) is 14.0. The van der Waals surface area contributed by atoms with Gasteiger partial charge in [0.15, 0.2) is 4.80 Å². The van der Waals surface area contributed by atoms with E-state index in [1.807, 2.05) is 60.7 Å². The molecule has 6 nitrogen and oxygen atoms in total. The highest BCUT2D eigenvalue weighted by Gasteiger charge is 2.32. The van der Waals surface area contributed by atoms with Gasteiger partial charge in [0.1, 0.15) is 12.4 Å². The Morgan fingerprint density at radius 1 is 1.18 bits per heavy atom. The van der Waals surface area contributed by atoms with Gasteiger partial charge in [0, 0.05) is 20.7 Å². The molecular formula is C30H23BrClN3O3S. The summed E-state index contributed by atoms with van der Waals surface area (Å²) in [5, 5.41) is 3.51. The van der Waals surface area contributed by atoms with E-state index >= 15 is 0 Å². The number of halogens is 2. The predicted octanol–water partition coefficient (Wildman–Crippen LogP) is 5.85. The number of anilines is 1. The Kier molecular flexibility index (Phi) is 7.97. The largest absolute Gasteiger partial charge is 0.489 e. The zero-order valence-electron chi connectivity index (χ0n) is 20.9. The molecule has 39 heavy (non-hydrogen) atoms. The Morgan fingerprint density at radius 2 is 1.92 bits per heavy atom. The summed E-state index contributed by atoms with van der Waals surface area (Å²) in [6.07, 6.45) is 3.45. The maximum Gasteiger partial charge on any atom is 0.271 e. The second-order valence-corrected chi connectivity index (χ2v) is 11.1. The topological polar surface area (TPSA) is 72.7 Å². The van der Waals surface area contributed by atoms with Gasteiger partial charge in [-0.2, -0.15) is 0 Å². The second kappa shape index (κ2) is 11.6. The highest BCUT2D eigenvalue weighted by atomic mass is 79.9. The minimum absolute atomic E-state index is 0.258. The molecule has 2 heterocycles. The lowest BCUT2D eigenvalue weighted by Gasteiger charge is -2.25. The molecule has 0 spiro atoms. The summed E-state index contributed by atoms with van der Waals surface area (Å²) in [6, 6.07) is 21.2. The molecule has 4 aromatic rings. The van der Waals surface area contributed by atoms with Crippen molar-refractivity contribution in [3.63, 3.8) is 0 Å². The predicted molar refractivity (Wildman–Crippen MR) is 160 cm³/mol. The van der Waals surface area contributed by atoms with Crippen molar-refractivity contribution < 1.29 is 9.53 Å². The number of aromatic nitrogens is 1. The van der Waals surface area contributed by atoms with Crippen molar-refractivity contribution in [3.05, 3.63) is 137 Å². The summed E-state index contributed by atoms with van der Waals surface area (Å²) in [7, 11) is 0. The minimum Gasteiger partial charge on any atom is -0.489 e. The number of nitrogens with one attached hydrogen (secondary N) is 1. The molecule has 0 aliphatic carbocycles. The number of thiazole rings is 1. The number of hydrogen-bond donors (Lipinski definition) is 1. The quantitative estimate of drug-likeness (QED) is 0.263. The number of rotatable bonds is 7. The molecule has 1 amide bonds. The molecule has 1 aromatic heterocycles. The van der Waals surface area contributed by atoms with E-state index in [-0.39, 0.29) is 11.5 Å². The fourth-order valence-corrected chi connectivity index (χ4v) is 5.89. The Morgan fingerprint density at radius 3 is 2.64 bits per heavy atom. The molecule has 1 atom stereocenters. The normalized spacial score (nSPS) is 14.9. The van der Waals surface area contributed by atoms with Crippen LogP contribution in [0.4, 0.5) is 5.69 Å². The van der Waals surface area contributed by atoms with Crippen LogP contribution in [0.3, 0.4) is 0 Å². The van der Waals surface area contributed by atoms with E-state index in [1.165, 1.54) is 11.3 Å². The molecule has 1 aliphatic rings. The number of benzene rings is 3. The number of hydrogen-bond acceptors (Lipinski definition) is 5. The molecule has 9 heteroatoms. The average Bonchev–Trinajstić information content (AvgIpc) is 3.22. The van der Waals surface area contributed by atoms with Crippen LogP contribution in [0.1, 0.15) is 24.1 Å². The van der Waals surface area contributed by atoms with Crippen LogP contribution in [-0.4, -0.2) is 17.1 Å². The number of para-hydroxylation sites is 1. The summed E-state index contributed by atoms with van der Waals surface area (Å²) in [4.78, 5) is 32.8. The number of amides is 1. The molecule has 1 aliphatic heterocycles. The number of fused-ring (bicyclic) bond motifs is 1. The maximum atomic E-state index is 13.9. The van der Waals surface area contributed by atoms with E-state index in [1.54, 1.807) is 35.8 Å². The standard InChI is InChI=1S/C30H23BrClN3O3S/c1-3-15-38-24-14-11-21(31)16-20(24)17-25-29(37)35-27(19-9-12-22(32)13-10-19)26(18(2)33-30(35)39-25)28(36)34-23-7-5-4-6-8-23/h3-14,16-17,27H,1,15H2,2H3,(H,34,36)/b25-17-/t27-/m1/s1. The minimum atomic E-state index is -0.691. The van der Waals surface area contributed by atoms with Crippen molar-refractivity contribution in [3.8, 4) is 5.75 Å². The van der Waals surface area contributed by atoms with Crippen molar-refractivity contribution in [1.82, 2.24) is 4.57 Å². The third-order valence-electron chi connectivity index (χ3n) is 6.10. The summed E-state index contributed by atoms with van der Waals surface area (Å²) in [6.45, 7) is 5.83. The summed E-state index contributed by atoms with van der Waals surface area (Å²) in [5.41, 5.74) is 2.79. The average molecular weight is 621 g/mol. The van der Waals surface area contributed by atoms with E-state index in [2.05, 4.69) is 27.8 Å². The zero-order chi connectivity index (χ0) is 27.5. The molecule has 0 fully saturated rings. The van der Waals surface area contributed by atoms with Crippen LogP contribution in [0.25, 0.3) is 6.08 Å². The van der Waals surface area contributed by atoms with Gasteiger partial charge in [-0.25, -0.2) is 4.99 Å². The van der Waals surface area contributed by atoms with Crippen LogP contribution in [0.2, 0.25) is 5.02 Å². The van der Waals surface area contributed by atoms with Gasteiger partial charge in [-0.1, -0.05) is 81.9 Å². The van der Waals surface area contributed by atoms with Gasteiger partial charge in [-0.3, -0.25) is 14.2 Å². The fraction of sp³-hybridized carbons (Fsp3) is 0.100. The molecule has 5 rings (SSSR count). The van der Waals surface area contributed by atoms with Crippen molar-refractivity contribution in [2.45, 2.75) is 13.0 Å². The number of allylic oxidation sites excluding steroid dienone is 1. The molecule has 0 bridgehead atoms. The molecule has 0 saturated heterocycles. The third-order valence-corrected chi connectivity index (χ3v) is 7.83. The molecule has 0 saturated carbocycles. The van der Waals surface area contributed by atoms with Crippen LogP contribution in [0.5, 0.6) is 5.75 Å². The summed E-state index contributed by atoms with van der Waals surface area (Å²) in [5.74, 6) is 0.293. The third kappa shape index (κ3) is 5.68. The molecule has 3 aromatic carbocycles. The van der Waals surface area contributed by atoms with E-state index < -0.39 is 6.04 Å². The van der Waals surface area contributed by atoms with Gasteiger partial charge in [0.25, 0.3) is 11.5 Å². The Bertz CT molecular complexity index is 1780. The Hall–Kier alpha value is -3.72. The first-order chi connectivity index (χ1) is 18.9. The summed E-state index contributed by atoms with van der Waals surface area (Å²) >= 11 is 10.9. The molecule has 0 radical (unpaired) electrons. The number of ether oxygens (including phenoxy) is 1. The molecular weight excluding hydrogens is 598 g/mol. The number of carbonyl (C=O) groups excluding carboxylic acids is 1. The van der Waals surface area contributed by atoms with E-state index in [4.69, 9.17) is 21.3 Å². The SMILES string of the molecule is C=CCOc1ccc(Br)cc1/C=c1\sc2n(c1=O)[C@H](c1ccc(Cl)cc1)C(C(=O)Nc1ccccc1)=C(C)N=2. The van der Waals surface area contributed by atoms with Gasteiger partial charge >= 0.3 is 0 Å². The lowest BCUT2D eigenvalue weighted by Crippen LogP contribution is -2.40. The molecule has 0 unspecified atom stereocenters. The first kappa shape index (κ1) is 26.9. The van der Waals surface area contributed by atoms with E-state index in [0.717, 1.165) is 15.6 Å². The smallest absolute Gasteiger partial charge is 0.271 e. The van der Waals surface area contributed by atoms with Crippen molar-refractivity contribution >= 4 is 56.5 Å². The molecule has 1 N–H and O–H groups in total. The van der Waals surface area contributed by atoms with Crippen molar-refractivity contribution in [2.75, 3.05) is 11.9 Å². The van der Waals surface area contributed by atoms with Crippen LogP contribution in [0.15, 0.2) is 111 Å².